The van der Waals surface area contributed by atoms with Crippen LogP contribution in [0.1, 0.15) is 26.7 Å². The van der Waals surface area contributed by atoms with Crippen molar-refractivity contribution in [3.63, 3.8) is 0 Å². The molecule has 2 heterocycles. The minimum absolute atomic E-state index is 0.180. The van der Waals surface area contributed by atoms with Crippen molar-refractivity contribution < 1.29 is 9.59 Å². The minimum atomic E-state index is 0.180. The van der Waals surface area contributed by atoms with E-state index in [1.165, 1.54) is 0 Å². The standard InChI is InChI=1S/C16H30N4O2/c1-3-18(4-2)13-15(21)19-9-11-20(12-10-19)16(22)14-5-7-17-8-6-14/h14,17H,3-13H2,1-2H3. The van der Waals surface area contributed by atoms with Crippen molar-refractivity contribution in [3.8, 4) is 0 Å². The Kier molecular flexibility index (Phi) is 6.64. The van der Waals surface area contributed by atoms with Gasteiger partial charge < -0.3 is 15.1 Å². The Hall–Kier alpha value is -1.14. The van der Waals surface area contributed by atoms with E-state index in [1.807, 2.05) is 9.80 Å². The van der Waals surface area contributed by atoms with Gasteiger partial charge in [-0.15, -0.1) is 0 Å². The molecule has 0 radical (unpaired) electrons. The molecule has 0 aromatic heterocycles. The highest BCUT2D eigenvalue weighted by molar-refractivity contribution is 5.81. The normalized spacial score (nSPS) is 20.5. The summed E-state index contributed by atoms with van der Waals surface area (Å²) in [5.74, 6) is 0.661. The monoisotopic (exact) mass is 310 g/mol. The summed E-state index contributed by atoms with van der Waals surface area (Å²) >= 11 is 0. The summed E-state index contributed by atoms with van der Waals surface area (Å²) in [4.78, 5) is 30.8. The van der Waals surface area contributed by atoms with E-state index in [4.69, 9.17) is 0 Å². The summed E-state index contributed by atoms with van der Waals surface area (Å²) in [7, 11) is 0. The molecule has 22 heavy (non-hydrogen) atoms. The summed E-state index contributed by atoms with van der Waals surface area (Å²) in [6, 6.07) is 0. The van der Waals surface area contributed by atoms with Crippen LogP contribution in [0.3, 0.4) is 0 Å². The number of piperazine rings is 1. The second-order valence-electron chi connectivity index (χ2n) is 6.19. The molecule has 0 atom stereocenters. The first-order chi connectivity index (χ1) is 10.7. The Bertz CT molecular complexity index is 370. The number of carbonyl (C=O) groups excluding carboxylic acids is 2. The van der Waals surface area contributed by atoms with Gasteiger partial charge in [0, 0.05) is 32.1 Å². The molecular formula is C16H30N4O2. The summed E-state index contributed by atoms with van der Waals surface area (Å²) < 4.78 is 0. The minimum Gasteiger partial charge on any atom is -0.339 e. The Morgan fingerprint density at radius 2 is 1.55 bits per heavy atom. The Morgan fingerprint density at radius 3 is 2.09 bits per heavy atom. The second-order valence-corrected chi connectivity index (χ2v) is 6.19. The van der Waals surface area contributed by atoms with Gasteiger partial charge in [0.15, 0.2) is 0 Å². The Morgan fingerprint density at radius 1 is 1.00 bits per heavy atom. The average molecular weight is 310 g/mol. The summed E-state index contributed by atoms with van der Waals surface area (Å²) in [5, 5.41) is 3.30. The van der Waals surface area contributed by atoms with Crippen molar-refractivity contribution in [2.45, 2.75) is 26.7 Å². The van der Waals surface area contributed by atoms with Gasteiger partial charge in [0.1, 0.15) is 0 Å². The zero-order chi connectivity index (χ0) is 15.9. The van der Waals surface area contributed by atoms with Crippen LogP contribution in [0.4, 0.5) is 0 Å². The number of carbonyl (C=O) groups is 2. The van der Waals surface area contributed by atoms with Gasteiger partial charge in [-0.3, -0.25) is 14.5 Å². The molecule has 2 aliphatic rings. The van der Waals surface area contributed by atoms with E-state index in [1.54, 1.807) is 0 Å². The van der Waals surface area contributed by atoms with E-state index < -0.39 is 0 Å². The van der Waals surface area contributed by atoms with Crippen LogP contribution >= 0.6 is 0 Å². The van der Waals surface area contributed by atoms with Crippen LogP contribution in [0.15, 0.2) is 0 Å². The molecule has 2 amide bonds. The lowest BCUT2D eigenvalue weighted by Gasteiger charge is -2.37. The summed E-state index contributed by atoms with van der Waals surface area (Å²) in [6.07, 6.45) is 1.89. The molecule has 2 rings (SSSR count). The van der Waals surface area contributed by atoms with Gasteiger partial charge in [-0.2, -0.15) is 0 Å². The molecule has 2 saturated heterocycles. The third-order valence-corrected chi connectivity index (χ3v) is 4.89. The first-order valence-corrected chi connectivity index (χ1v) is 8.65. The fraction of sp³-hybridized carbons (Fsp3) is 0.875. The zero-order valence-electron chi connectivity index (χ0n) is 14.0. The van der Waals surface area contributed by atoms with E-state index >= 15 is 0 Å². The third-order valence-electron chi connectivity index (χ3n) is 4.89. The van der Waals surface area contributed by atoms with Gasteiger partial charge in [-0.1, -0.05) is 13.8 Å². The van der Waals surface area contributed by atoms with Crippen LogP contribution in [0.5, 0.6) is 0 Å². The van der Waals surface area contributed by atoms with Crippen molar-refractivity contribution >= 4 is 11.8 Å². The lowest BCUT2D eigenvalue weighted by molar-refractivity contribution is -0.143. The first-order valence-electron chi connectivity index (χ1n) is 8.65. The molecule has 0 aromatic carbocycles. The molecule has 0 aromatic rings. The van der Waals surface area contributed by atoms with Crippen LogP contribution < -0.4 is 5.32 Å². The topological polar surface area (TPSA) is 55.9 Å². The zero-order valence-corrected chi connectivity index (χ0v) is 14.0. The van der Waals surface area contributed by atoms with E-state index in [-0.39, 0.29) is 17.7 Å². The molecule has 6 nitrogen and oxygen atoms in total. The van der Waals surface area contributed by atoms with Crippen molar-refractivity contribution in [2.24, 2.45) is 5.92 Å². The van der Waals surface area contributed by atoms with Gasteiger partial charge in [0.2, 0.25) is 11.8 Å². The number of nitrogens with one attached hydrogen (secondary N) is 1. The number of amides is 2. The van der Waals surface area contributed by atoms with Gasteiger partial charge in [0.05, 0.1) is 6.54 Å². The smallest absolute Gasteiger partial charge is 0.236 e. The van der Waals surface area contributed by atoms with Gasteiger partial charge in [-0.05, 0) is 39.0 Å². The van der Waals surface area contributed by atoms with E-state index in [9.17, 15) is 9.59 Å². The van der Waals surface area contributed by atoms with Crippen LogP contribution in [0.25, 0.3) is 0 Å². The first kappa shape index (κ1) is 17.2. The number of nitrogens with zero attached hydrogens (tertiary/aromatic N) is 3. The molecule has 2 fully saturated rings. The van der Waals surface area contributed by atoms with Gasteiger partial charge in [0.25, 0.3) is 0 Å². The lowest BCUT2D eigenvalue weighted by atomic mass is 9.96. The quantitative estimate of drug-likeness (QED) is 0.776. The SMILES string of the molecule is CCN(CC)CC(=O)N1CCN(C(=O)C2CCNCC2)CC1. The molecule has 1 N–H and O–H groups in total. The molecule has 0 aliphatic carbocycles. The average Bonchev–Trinajstić information content (AvgIpc) is 2.59. The predicted octanol–water partition coefficient (Wildman–Crippen LogP) is -0.00140. The van der Waals surface area contributed by atoms with Crippen molar-refractivity contribution in [2.75, 3.05) is 58.9 Å². The number of hydrogen-bond acceptors (Lipinski definition) is 4. The summed E-state index contributed by atoms with van der Waals surface area (Å²) in [5.41, 5.74) is 0. The largest absolute Gasteiger partial charge is 0.339 e. The fourth-order valence-corrected chi connectivity index (χ4v) is 3.24. The predicted molar refractivity (Wildman–Crippen MR) is 86.5 cm³/mol. The molecular weight excluding hydrogens is 280 g/mol. The van der Waals surface area contributed by atoms with Crippen LogP contribution in [-0.4, -0.2) is 85.4 Å². The summed E-state index contributed by atoms with van der Waals surface area (Å²) in [6.45, 7) is 11.1. The van der Waals surface area contributed by atoms with Crippen molar-refractivity contribution in [1.82, 2.24) is 20.0 Å². The maximum Gasteiger partial charge on any atom is 0.236 e. The highest BCUT2D eigenvalue weighted by Crippen LogP contribution is 2.16. The van der Waals surface area contributed by atoms with Crippen molar-refractivity contribution in [1.29, 1.82) is 0 Å². The lowest BCUT2D eigenvalue weighted by Crippen LogP contribution is -2.54. The molecule has 2 aliphatic heterocycles. The number of rotatable bonds is 5. The molecule has 0 spiro atoms. The van der Waals surface area contributed by atoms with Gasteiger partial charge >= 0.3 is 0 Å². The van der Waals surface area contributed by atoms with E-state index in [2.05, 4.69) is 24.1 Å². The molecule has 126 valence electrons. The number of likely N-dealkylation sites (N-methyl/N-ethyl adjacent to an activating group) is 1. The molecule has 0 bridgehead atoms. The van der Waals surface area contributed by atoms with Gasteiger partial charge in [-0.25, -0.2) is 0 Å². The molecule has 0 saturated carbocycles. The van der Waals surface area contributed by atoms with E-state index in [0.29, 0.717) is 32.7 Å². The highest BCUT2D eigenvalue weighted by atomic mass is 16.2. The number of hydrogen-bond donors (Lipinski definition) is 1. The Balaban J connectivity index is 1.77. The Labute approximate surface area is 133 Å². The maximum atomic E-state index is 12.5. The second kappa shape index (κ2) is 8.48. The van der Waals surface area contributed by atoms with E-state index in [0.717, 1.165) is 39.0 Å². The van der Waals surface area contributed by atoms with Crippen molar-refractivity contribution in [3.05, 3.63) is 0 Å². The maximum absolute atomic E-state index is 12.5. The van der Waals surface area contributed by atoms with Crippen LogP contribution in [0, 0.1) is 5.92 Å². The number of piperidine rings is 1. The third kappa shape index (κ3) is 4.43. The van der Waals surface area contributed by atoms with Crippen LogP contribution in [-0.2, 0) is 9.59 Å². The fourth-order valence-electron chi connectivity index (χ4n) is 3.24. The molecule has 6 heteroatoms. The highest BCUT2D eigenvalue weighted by Gasteiger charge is 2.29. The van der Waals surface area contributed by atoms with Crippen LogP contribution in [0.2, 0.25) is 0 Å². The molecule has 0 unspecified atom stereocenters.